The van der Waals surface area contributed by atoms with Crippen LogP contribution in [0.5, 0.6) is 5.75 Å². The third kappa shape index (κ3) is 8.29. The van der Waals surface area contributed by atoms with Gasteiger partial charge in [-0.3, -0.25) is 14.4 Å². The van der Waals surface area contributed by atoms with Crippen LogP contribution in [-0.2, 0) is 32.0 Å². The molecule has 0 fully saturated rings. The molecule has 12 nitrogen and oxygen atoms in total. The van der Waals surface area contributed by atoms with Crippen LogP contribution in [-0.4, -0.2) is 74.8 Å². The summed E-state index contributed by atoms with van der Waals surface area (Å²) in [7, 11) is 0. The number of nitrogens with one attached hydrogen (secondary N) is 4. The summed E-state index contributed by atoms with van der Waals surface area (Å²) in [5, 5.41) is 37.6. The molecule has 2 aromatic carbocycles. The van der Waals surface area contributed by atoms with Gasteiger partial charge < -0.3 is 42.0 Å². The molecule has 9 N–H and O–H groups in total. The summed E-state index contributed by atoms with van der Waals surface area (Å²) < 4.78 is 0. The molecule has 0 aliphatic rings. The number of benzene rings is 2. The van der Waals surface area contributed by atoms with Gasteiger partial charge in [-0.2, -0.15) is 0 Å². The van der Waals surface area contributed by atoms with Crippen LogP contribution in [0.3, 0.4) is 0 Å². The van der Waals surface area contributed by atoms with Gasteiger partial charge in [-0.25, -0.2) is 4.79 Å². The standard InChI is InChI=1S/C29H37N5O7/c1-3-16(2)25(30)28(39)34-24(15-35)27(38)32-22(12-17-8-10-19(36)11-9-17)26(37)33-23(29(40)41)13-18-14-31-21-7-5-4-6-20(18)21/h4-11,14,16,22-25,31,35-36H,3,12-13,15,30H2,1-2H3,(H,32,38)(H,33,37)(H,34,39)(H,40,41). The first-order valence-corrected chi connectivity index (χ1v) is 13.4. The number of aromatic hydroxyl groups is 1. The predicted molar refractivity (Wildman–Crippen MR) is 152 cm³/mol. The van der Waals surface area contributed by atoms with E-state index in [4.69, 9.17) is 5.73 Å². The number of phenols is 1. The van der Waals surface area contributed by atoms with Gasteiger partial charge in [0.25, 0.3) is 0 Å². The molecule has 1 heterocycles. The number of aliphatic hydroxyl groups excluding tert-OH is 1. The lowest BCUT2D eigenvalue weighted by molar-refractivity contribution is -0.142. The molecule has 0 aliphatic heterocycles. The Hall–Kier alpha value is -4.42. The molecule has 5 unspecified atom stereocenters. The van der Waals surface area contributed by atoms with Crippen LogP contribution in [0.4, 0.5) is 0 Å². The van der Waals surface area contributed by atoms with Crippen LogP contribution in [0.1, 0.15) is 31.4 Å². The molecule has 12 heteroatoms. The molecule has 1 aromatic heterocycles. The zero-order valence-corrected chi connectivity index (χ0v) is 23.0. The van der Waals surface area contributed by atoms with E-state index in [0.29, 0.717) is 17.5 Å². The minimum absolute atomic E-state index is 0.00385. The fourth-order valence-corrected chi connectivity index (χ4v) is 4.32. The lowest BCUT2D eigenvalue weighted by atomic mass is 9.99. The summed E-state index contributed by atoms with van der Waals surface area (Å²) in [6, 6.07) is 8.40. The van der Waals surface area contributed by atoms with E-state index in [-0.39, 0.29) is 24.5 Å². The van der Waals surface area contributed by atoms with Gasteiger partial charge in [0.2, 0.25) is 17.7 Å². The Bertz CT molecular complexity index is 1360. The summed E-state index contributed by atoms with van der Waals surface area (Å²) in [5.74, 6) is -3.69. The van der Waals surface area contributed by atoms with Gasteiger partial charge >= 0.3 is 5.97 Å². The molecule has 3 amide bonds. The predicted octanol–water partition coefficient (Wildman–Crippen LogP) is 0.563. The number of amides is 3. The number of carbonyl (C=O) groups is 4. The van der Waals surface area contributed by atoms with Crippen molar-refractivity contribution in [2.45, 2.75) is 57.3 Å². The Balaban J connectivity index is 1.79. The summed E-state index contributed by atoms with van der Waals surface area (Å²) >= 11 is 0. The number of aliphatic hydroxyl groups is 1. The monoisotopic (exact) mass is 567 g/mol. The van der Waals surface area contributed by atoms with Crippen molar-refractivity contribution in [1.29, 1.82) is 0 Å². The number of phenolic OH excluding ortho intramolecular Hbond substituents is 1. The largest absolute Gasteiger partial charge is 0.508 e. The van der Waals surface area contributed by atoms with Crippen LogP contribution in [0.25, 0.3) is 10.9 Å². The van der Waals surface area contributed by atoms with Crippen LogP contribution in [0.15, 0.2) is 54.7 Å². The molecule has 41 heavy (non-hydrogen) atoms. The van der Waals surface area contributed by atoms with Crippen molar-refractivity contribution in [3.05, 3.63) is 65.9 Å². The molecule has 0 saturated carbocycles. The number of nitrogens with two attached hydrogens (primary N) is 1. The quantitative estimate of drug-likeness (QED) is 0.138. The highest BCUT2D eigenvalue weighted by atomic mass is 16.4. The topological polar surface area (TPSA) is 207 Å². The van der Waals surface area contributed by atoms with Gasteiger partial charge in [0.15, 0.2) is 0 Å². The maximum atomic E-state index is 13.4. The highest BCUT2D eigenvalue weighted by molar-refractivity contribution is 5.94. The van der Waals surface area contributed by atoms with Gasteiger partial charge in [-0.05, 0) is 35.2 Å². The fraction of sp³-hybridized carbons (Fsp3) is 0.379. The average Bonchev–Trinajstić information content (AvgIpc) is 3.37. The molecule has 220 valence electrons. The SMILES string of the molecule is CCC(C)C(N)C(=O)NC(CO)C(=O)NC(Cc1ccc(O)cc1)C(=O)NC(Cc1c[nH]c2ccccc12)C(=O)O. The molecule has 0 bridgehead atoms. The second-order valence-electron chi connectivity index (χ2n) is 10.0. The Kier molecular flexibility index (Phi) is 10.8. The Morgan fingerprint density at radius 2 is 1.49 bits per heavy atom. The highest BCUT2D eigenvalue weighted by Gasteiger charge is 2.31. The smallest absolute Gasteiger partial charge is 0.326 e. The van der Waals surface area contributed by atoms with Gasteiger partial charge in [0.05, 0.1) is 12.6 Å². The first kappa shape index (κ1) is 31.1. The number of carbonyl (C=O) groups excluding carboxylic acids is 3. The van der Waals surface area contributed by atoms with Crippen molar-refractivity contribution in [2.24, 2.45) is 11.7 Å². The van der Waals surface area contributed by atoms with Crippen molar-refractivity contribution in [1.82, 2.24) is 20.9 Å². The van der Waals surface area contributed by atoms with E-state index < -0.39 is 54.5 Å². The van der Waals surface area contributed by atoms with Crippen LogP contribution >= 0.6 is 0 Å². The Morgan fingerprint density at radius 3 is 2.12 bits per heavy atom. The van der Waals surface area contributed by atoms with Crippen LogP contribution < -0.4 is 21.7 Å². The molecule has 5 atom stereocenters. The molecule has 0 radical (unpaired) electrons. The number of aromatic amines is 1. The summed E-state index contributed by atoms with van der Waals surface area (Å²) in [6.07, 6.45) is 2.23. The van der Waals surface area contributed by atoms with Gasteiger partial charge in [0.1, 0.15) is 23.9 Å². The second kappa shape index (κ2) is 14.3. The van der Waals surface area contributed by atoms with E-state index in [1.165, 1.54) is 12.1 Å². The Labute approximate surface area is 237 Å². The van der Waals surface area contributed by atoms with E-state index in [1.54, 1.807) is 25.3 Å². The number of hydrogen-bond acceptors (Lipinski definition) is 7. The third-order valence-corrected chi connectivity index (χ3v) is 7.10. The van der Waals surface area contributed by atoms with Crippen molar-refractivity contribution in [2.75, 3.05) is 6.61 Å². The van der Waals surface area contributed by atoms with Crippen LogP contribution in [0.2, 0.25) is 0 Å². The second-order valence-corrected chi connectivity index (χ2v) is 10.0. The minimum Gasteiger partial charge on any atom is -0.508 e. The maximum Gasteiger partial charge on any atom is 0.326 e. The number of aliphatic carboxylic acids is 1. The van der Waals surface area contributed by atoms with E-state index in [1.807, 2.05) is 31.2 Å². The number of carboxylic acid groups (broad SMARTS) is 1. The van der Waals surface area contributed by atoms with E-state index in [9.17, 15) is 34.5 Å². The molecule has 0 saturated heterocycles. The summed E-state index contributed by atoms with van der Waals surface area (Å²) in [6.45, 7) is 2.89. The number of carboxylic acids is 1. The number of para-hydroxylation sites is 1. The summed E-state index contributed by atoms with van der Waals surface area (Å²) in [4.78, 5) is 54.2. The number of fused-ring (bicyclic) bond motifs is 1. The normalized spacial score (nSPS) is 14.8. The number of aromatic nitrogens is 1. The van der Waals surface area contributed by atoms with Gasteiger partial charge in [-0.15, -0.1) is 0 Å². The van der Waals surface area contributed by atoms with Gasteiger partial charge in [0, 0.05) is 29.9 Å². The highest BCUT2D eigenvalue weighted by Crippen LogP contribution is 2.19. The zero-order chi connectivity index (χ0) is 30.1. The molecule has 3 aromatic rings. The molecular formula is C29H37N5O7. The fourth-order valence-electron chi connectivity index (χ4n) is 4.32. The number of hydrogen-bond donors (Lipinski definition) is 8. The first-order chi connectivity index (χ1) is 19.5. The van der Waals surface area contributed by atoms with E-state index >= 15 is 0 Å². The number of H-pyrrole nitrogens is 1. The van der Waals surface area contributed by atoms with Crippen molar-refractivity contribution in [3.8, 4) is 5.75 Å². The lowest BCUT2D eigenvalue weighted by Gasteiger charge is -2.25. The molecule has 0 aliphatic carbocycles. The van der Waals surface area contributed by atoms with Crippen molar-refractivity contribution in [3.63, 3.8) is 0 Å². The van der Waals surface area contributed by atoms with E-state index in [2.05, 4.69) is 20.9 Å². The van der Waals surface area contributed by atoms with Crippen molar-refractivity contribution >= 4 is 34.6 Å². The first-order valence-electron chi connectivity index (χ1n) is 13.4. The summed E-state index contributed by atoms with van der Waals surface area (Å²) in [5.41, 5.74) is 8.02. The molecule has 3 rings (SSSR count). The maximum absolute atomic E-state index is 13.4. The number of rotatable bonds is 14. The van der Waals surface area contributed by atoms with E-state index in [0.717, 1.165) is 10.9 Å². The average molecular weight is 568 g/mol. The molecular weight excluding hydrogens is 530 g/mol. The van der Waals surface area contributed by atoms with Gasteiger partial charge in [-0.1, -0.05) is 50.6 Å². The lowest BCUT2D eigenvalue weighted by Crippen LogP contribution is -2.59. The third-order valence-electron chi connectivity index (χ3n) is 7.10. The zero-order valence-electron chi connectivity index (χ0n) is 23.0. The van der Waals surface area contributed by atoms with Crippen LogP contribution in [0, 0.1) is 5.92 Å². The minimum atomic E-state index is -1.39. The Morgan fingerprint density at radius 1 is 0.878 bits per heavy atom. The van der Waals surface area contributed by atoms with Crippen molar-refractivity contribution < 1.29 is 34.5 Å². The molecule has 0 spiro atoms.